The quantitative estimate of drug-likeness (QED) is 0.811. The molecular weight excluding hydrogens is 208 g/mol. The number of aromatic hydroxyl groups is 1. The highest BCUT2D eigenvalue weighted by atomic mass is 32.2. The van der Waals surface area contributed by atoms with Crippen LogP contribution in [0.2, 0.25) is 0 Å². The average molecular weight is 224 g/mol. The number of rotatable bonds is 2. The third-order valence-electron chi connectivity index (χ3n) is 2.77. The first-order valence-electron chi connectivity index (χ1n) is 5.39. The maximum atomic E-state index is 9.82. The number of phenolic OH excluding ortho intramolecular Hbond substituents is 1. The molecule has 2 rings (SSSR count). The Morgan fingerprint density at radius 3 is 2.73 bits per heavy atom. The largest absolute Gasteiger partial charge is 0.508 e. The number of phenols is 1. The summed E-state index contributed by atoms with van der Waals surface area (Å²) in [4.78, 5) is 1.04. The van der Waals surface area contributed by atoms with E-state index < -0.39 is 0 Å². The first kappa shape index (κ1) is 10.8. The molecule has 1 aromatic carbocycles. The van der Waals surface area contributed by atoms with Crippen LogP contribution in [0, 0.1) is 0 Å². The van der Waals surface area contributed by atoms with E-state index in [0.29, 0.717) is 11.0 Å². The minimum atomic E-state index is -0.189. The van der Waals surface area contributed by atoms with Crippen LogP contribution in [-0.4, -0.2) is 21.6 Å². The zero-order chi connectivity index (χ0) is 10.7. The maximum absolute atomic E-state index is 9.82. The zero-order valence-electron chi connectivity index (χ0n) is 8.60. The summed E-state index contributed by atoms with van der Waals surface area (Å²) in [6, 6.07) is 7.24. The van der Waals surface area contributed by atoms with Crippen molar-refractivity contribution in [2.45, 2.75) is 41.9 Å². The Morgan fingerprint density at radius 1 is 1.20 bits per heavy atom. The summed E-state index contributed by atoms with van der Waals surface area (Å²) in [6.07, 6.45) is 4.13. The van der Waals surface area contributed by atoms with Gasteiger partial charge in [-0.1, -0.05) is 18.9 Å². The molecule has 0 aliphatic heterocycles. The van der Waals surface area contributed by atoms with Crippen molar-refractivity contribution in [1.29, 1.82) is 0 Å². The molecule has 0 spiro atoms. The minimum absolute atomic E-state index is 0.189. The second-order valence-corrected chi connectivity index (χ2v) is 5.32. The first-order valence-corrected chi connectivity index (χ1v) is 6.27. The van der Waals surface area contributed by atoms with Gasteiger partial charge in [0.1, 0.15) is 5.75 Å². The molecule has 2 atom stereocenters. The Morgan fingerprint density at radius 2 is 2.00 bits per heavy atom. The lowest BCUT2D eigenvalue weighted by atomic mass is 9.97. The molecule has 0 heterocycles. The van der Waals surface area contributed by atoms with E-state index in [0.717, 1.165) is 24.2 Å². The fraction of sp³-hybridized carbons (Fsp3) is 0.500. The second kappa shape index (κ2) is 4.90. The molecule has 1 saturated carbocycles. The van der Waals surface area contributed by atoms with E-state index in [2.05, 4.69) is 0 Å². The number of benzene rings is 1. The van der Waals surface area contributed by atoms with E-state index in [-0.39, 0.29) is 6.10 Å². The Balaban J connectivity index is 2.01. The standard InChI is InChI=1S/C12H16O2S/c13-9-4-3-5-10(8-9)15-12-7-2-1-6-11(12)14/h3-5,8,11-14H,1-2,6-7H2/t11-,12-/m0/s1. The van der Waals surface area contributed by atoms with E-state index in [9.17, 15) is 10.2 Å². The van der Waals surface area contributed by atoms with Crippen molar-refractivity contribution < 1.29 is 10.2 Å². The Kier molecular flexibility index (Phi) is 3.54. The molecular formula is C12H16O2S. The van der Waals surface area contributed by atoms with Gasteiger partial charge in [-0.05, 0) is 31.0 Å². The highest BCUT2D eigenvalue weighted by Gasteiger charge is 2.23. The molecule has 82 valence electrons. The van der Waals surface area contributed by atoms with Crippen molar-refractivity contribution in [2.24, 2.45) is 0 Å². The summed E-state index contributed by atoms with van der Waals surface area (Å²) in [7, 11) is 0. The summed E-state index contributed by atoms with van der Waals surface area (Å²) in [5, 5.41) is 19.4. The van der Waals surface area contributed by atoms with Crippen molar-refractivity contribution >= 4 is 11.8 Å². The Hall–Kier alpha value is -0.670. The lowest BCUT2D eigenvalue weighted by Gasteiger charge is -2.26. The van der Waals surface area contributed by atoms with Crippen LogP contribution in [-0.2, 0) is 0 Å². The van der Waals surface area contributed by atoms with Crippen LogP contribution in [0.5, 0.6) is 5.75 Å². The number of hydrogen-bond acceptors (Lipinski definition) is 3. The van der Waals surface area contributed by atoms with Crippen molar-refractivity contribution in [3.8, 4) is 5.75 Å². The highest BCUT2D eigenvalue weighted by molar-refractivity contribution is 8.00. The molecule has 1 aromatic rings. The second-order valence-electron chi connectivity index (χ2n) is 4.01. The smallest absolute Gasteiger partial charge is 0.116 e. The predicted octanol–water partition coefficient (Wildman–Crippen LogP) is 2.79. The van der Waals surface area contributed by atoms with Crippen LogP contribution < -0.4 is 0 Å². The third kappa shape index (κ3) is 2.89. The summed E-state index contributed by atoms with van der Waals surface area (Å²) < 4.78 is 0. The third-order valence-corrected chi connectivity index (χ3v) is 4.15. The molecule has 0 unspecified atom stereocenters. The monoisotopic (exact) mass is 224 g/mol. The highest BCUT2D eigenvalue weighted by Crippen LogP contribution is 2.34. The molecule has 2 nitrogen and oxygen atoms in total. The molecule has 1 aliphatic carbocycles. The predicted molar refractivity (Wildman–Crippen MR) is 62.2 cm³/mol. The molecule has 15 heavy (non-hydrogen) atoms. The summed E-state index contributed by atoms with van der Waals surface area (Å²) in [5.74, 6) is 0.297. The summed E-state index contributed by atoms with van der Waals surface area (Å²) in [6.45, 7) is 0. The number of aliphatic hydroxyl groups excluding tert-OH is 1. The molecule has 2 N–H and O–H groups in total. The molecule has 3 heteroatoms. The van der Waals surface area contributed by atoms with Crippen molar-refractivity contribution in [2.75, 3.05) is 0 Å². The molecule has 0 saturated heterocycles. The van der Waals surface area contributed by atoms with Gasteiger partial charge in [-0.15, -0.1) is 11.8 Å². The van der Waals surface area contributed by atoms with E-state index in [1.165, 1.54) is 6.42 Å². The average Bonchev–Trinajstić information content (AvgIpc) is 2.22. The van der Waals surface area contributed by atoms with Gasteiger partial charge in [0.25, 0.3) is 0 Å². The van der Waals surface area contributed by atoms with Gasteiger partial charge >= 0.3 is 0 Å². The molecule has 0 amide bonds. The molecule has 0 radical (unpaired) electrons. The minimum Gasteiger partial charge on any atom is -0.508 e. The number of hydrogen-bond donors (Lipinski definition) is 2. The maximum Gasteiger partial charge on any atom is 0.116 e. The van der Waals surface area contributed by atoms with Gasteiger partial charge in [0.2, 0.25) is 0 Å². The van der Waals surface area contributed by atoms with Gasteiger partial charge in [0.15, 0.2) is 0 Å². The van der Waals surface area contributed by atoms with Gasteiger partial charge in [-0.25, -0.2) is 0 Å². The Labute approximate surface area is 94.3 Å². The fourth-order valence-corrected chi connectivity index (χ4v) is 3.22. The first-order chi connectivity index (χ1) is 7.25. The fourth-order valence-electron chi connectivity index (χ4n) is 1.95. The lowest BCUT2D eigenvalue weighted by Crippen LogP contribution is -2.26. The van der Waals surface area contributed by atoms with E-state index in [1.807, 2.05) is 12.1 Å². The van der Waals surface area contributed by atoms with Crippen LogP contribution >= 0.6 is 11.8 Å². The van der Waals surface area contributed by atoms with E-state index >= 15 is 0 Å². The molecule has 1 fully saturated rings. The van der Waals surface area contributed by atoms with E-state index in [4.69, 9.17) is 0 Å². The number of aliphatic hydroxyl groups is 1. The van der Waals surface area contributed by atoms with Gasteiger partial charge < -0.3 is 10.2 Å². The topological polar surface area (TPSA) is 40.5 Å². The van der Waals surface area contributed by atoms with Crippen LogP contribution in [0.4, 0.5) is 0 Å². The number of thioether (sulfide) groups is 1. The van der Waals surface area contributed by atoms with Crippen molar-refractivity contribution in [3.63, 3.8) is 0 Å². The van der Waals surface area contributed by atoms with Gasteiger partial charge in [0, 0.05) is 10.1 Å². The van der Waals surface area contributed by atoms with Gasteiger partial charge in [0.05, 0.1) is 6.10 Å². The molecule has 0 aromatic heterocycles. The summed E-state index contributed by atoms with van der Waals surface area (Å²) in [5.41, 5.74) is 0. The summed E-state index contributed by atoms with van der Waals surface area (Å²) >= 11 is 1.68. The Bertz CT molecular complexity index is 327. The van der Waals surface area contributed by atoms with Crippen molar-refractivity contribution in [3.05, 3.63) is 24.3 Å². The molecule has 0 bridgehead atoms. The van der Waals surface area contributed by atoms with Crippen LogP contribution in [0.1, 0.15) is 25.7 Å². The van der Waals surface area contributed by atoms with Crippen LogP contribution in [0.3, 0.4) is 0 Å². The van der Waals surface area contributed by atoms with Crippen LogP contribution in [0.15, 0.2) is 29.2 Å². The SMILES string of the molecule is Oc1cccc(S[C@H]2CCCC[C@@H]2O)c1. The normalized spacial score (nSPS) is 26.5. The lowest BCUT2D eigenvalue weighted by molar-refractivity contribution is 0.137. The van der Waals surface area contributed by atoms with Gasteiger partial charge in [-0.3, -0.25) is 0 Å². The zero-order valence-corrected chi connectivity index (χ0v) is 9.41. The van der Waals surface area contributed by atoms with Crippen molar-refractivity contribution in [1.82, 2.24) is 0 Å². The van der Waals surface area contributed by atoms with E-state index in [1.54, 1.807) is 23.9 Å². The van der Waals surface area contributed by atoms with Gasteiger partial charge in [-0.2, -0.15) is 0 Å². The molecule has 1 aliphatic rings. The van der Waals surface area contributed by atoms with Crippen LogP contribution in [0.25, 0.3) is 0 Å².